The molecule has 16 nitrogen and oxygen atoms in total. The lowest BCUT2D eigenvalue weighted by atomic mass is 9.90. The summed E-state index contributed by atoms with van der Waals surface area (Å²) in [6.07, 6.45) is 5.39. The molecule has 0 aromatic heterocycles. The van der Waals surface area contributed by atoms with Crippen molar-refractivity contribution in [2.75, 3.05) is 26.4 Å². The first-order valence-electron chi connectivity index (χ1n) is 20.6. The number of hydrogen-bond donors (Lipinski definition) is 0. The minimum absolute atomic E-state index is 0.0909. The van der Waals surface area contributed by atoms with Crippen molar-refractivity contribution in [1.29, 1.82) is 0 Å². The molecule has 8 bridgehead atoms. The van der Waals surface area contributed by atoms with Crippen molar-refractivity contribution in [2.45, 2.75) is 105 Å². The normalized spacial score (nSPS) is 12.1. The van der Waals surface area contributed by atoms with E-state index in [1.807, 2.05) is 27.7 Å². The van der Waals surface area contributed by atoms with Gasteiger partial charge in [-0.2, -0.15) is 0 Å². The van der Waals surface area contributed by atoms with Gasteiger partial charge < -0.3 is 18.9 Å². The zero-order valence-corrected chi connectivity index (χ0v) is 34.6. The van der Waals surface area contributed by atoms with Crippen LogP contribution in [0.4, 0.5) is 22.7 Å². The van der Waals surface area contributed by atoms with E-state index in [9.17, 15) is 40.5 Å². The fraction of sp³-hybridized carbons (Fsp3) is 0.455. The molecule has 5 rings (SSSR count). The molecule has 320 valence electrons. The fourth-order valence-electron chi connectivity index (χ4n) is 7.25. The maximum Gasteiger partial charge on any atom is 0.270 e. The third-order valence-corrected chi connectivity index (χ3v) is 10.3. The summed E-state index contributed by atoms with van der Waals surface area (Å²) in [6.45, 7) is 8.97. The van der Waals surface area contributed by atoms with E-state index < -0.39 is 19.7 Å². The second-order valence-electron chi connectivity index (χ2n) is 14.9. The van der Waals surface area contributed by atoms with E-state index in [-0.39, 0.29) is 74.9 Å². The molecule has 0 amide bonds. The van der Waals surface area contributed by atoms with Gasteiger partial charge in [-0.3, -0.25) is 40.5 Å². The summed E-state index contributed by atoms with van der Waals surface area (Å²) in [5.41, 5.74) is 1.79. The van der Waals surface area contributed by atoms with E-state index in [1.165, 1.54) is 48.5 Å². The van der Waals surface area contributed by atoms with Crippen molar-refractivity contribution in [2.24, 2.45) is 0 Å². The van der Waals surface area contributed by atoms with Gasteiger partial charge in [0, 0.05) is 119 Å². The number of fused-ring (bicyclic) bond motifs is 8. The van der Waals surface area contributed by atoms with Crippen LogP contribution in [0.2, 0.25) is 0 Å². The van der Waals surface area contributed by atoms with Gasteiger partial charge in [-0.25, -0.2) is 0 Å². The summed E-state index contributed by atoms with van der Waals surface area (Å²) >= 11 is 0. The Balaban J connectivity index is 1.95. The third-order valence-electron chi connectivity index (χ3n) is 10.3. The summed E-state index contributed by atoms with van der Waals surface area (Å²) in [6, 6.07) is 11.0. The average Bonchev–Trinajstić information content (AvgIpc) is 3.20. The number of unbranched alkanes of at least 4 members (excludes halogenated alkanes) is 4. The van der Waals surface area contributed by atoms with E-state index in [4.69, 9.17) is 18.9 Å². The molecule has 1 aliphatic carbocycles. The average molecular weight is 829 g/mol. The number of ether oxygens (including phenoxy) is 4. The van der Waals surface area contributed by atoms with Gasteiger partial charge in [-0.1, -0.05) is 53.4 Å². The van der Waals surface area contributed by atoms with Crippen LogP contribution in [0.25, 0.3) is 0 Å². The van der Waals surface area contributed by atoms with Crippen LogP contribution in [0.1, 0.15) is 124 Å². The second kappa shape index (κ2) is 21.1. The maximum atomic E-state index is 12.6. The van der Waals surface area contributed by atoms with E-state index in [0.29, 0.717) is 93.2 Å². The van der Waals surface area contributed by atoms with Crippen molar-refractivity contribution < 1.29 is 38.6 Å². The highest BCUT2D eigenvalue weighted by Gasteiger charge is 2.29. The molecule has 0 saturated carbocycles. The third kappa shape index (κ3) is 11.0. The molecule has 16 heteroatoms. The molecule has 0 fully saturated rings. The summed E-state index contributed by atoms with van der Waals surface area (Å²) < 4.78 is 25.8. The number of benzene rings is 4. The highest BCUT2D eigenvalue weighted by atomic mass is 16.6. The van der Waals surface area contributed by atoms with Crippen LogP contribution in [-0.4, -0.2) is 46.1 Å². The van der Waals surface area contributed by atoms with Gasteiger partial charge in [-0.15, -0.1) is 0 Å². The molecule has 60 heavy (non-hydrogen) atoms. The Bertz CT molecular complexity index is 1820. The van der Waals surface area contributed by atoms with Crippen LogP contribution in [0.3, 0.4) is 0 Å². The molecule has 0 radical (unpaired) electrons. The molecule has 0 atom stereocenters. The largest absolute Gasteiger partial charge is 0.493 e. The zero-order valence-electron chi connectivity index (χ0n) is 34.6. The predicted molar refractivity (Wildman–Crippen MR) is 225 cm³/mol. The van der Waals surface area contributed by atoms with E-state index in [1.54, 1.807) is 0 Å². The van der Waals surface area contributed by atoms with Crippen LogP contribution >= 0.6 is 0 Å². The molecule has 0 unspecified atom stereocenters. The van der Waals surface area contributed by atoms with Crippen molar-refractivity contribution in [1.82, 2.24) is 0 Å². The summed E-state index contributed by atoms with van der Waals surface area (Å²) in [5.74, 6) is 1.25. The van der Waals surface area contributed by atoms with E-state index >= 15 is 0 Å². The van der Waals surface area contributed by atoms with Crippen LogP contribution in [0.5, 0.6) is 23.0 Å². The van der Waals surface area contributed by atoms with Gasteiger partial charge >= 0.3 is 0 Å². The number of nitro benzene ring substituents is 4. The fourth-order valence-corrected chi connectivity index (χ4v) is 7.25. The zero-order chi connectivity index (χ0) is 43.3. The minimum atomic E-state index is -0.532. The lowest BCUT2D eigenvalue weighted by Crippen LogP contribution is -2.12. The van der Waals surface area contributed by atoms with Crippen molar-refractivity contribution in [3.8, 4) is 23.0 Å². The minimum Gasteiger partial charge on any atom is -0.493 e. The van der Waals surface area contributed by atoms with Crippen LogP contribution < -0.4 is 18.9 Å². The molecule has 0 heterocycles. The highest BCUT2D eigenvalue weighted by molar-refractivity contribution is 5.62. The lowest BCUT2D eigenvalue weighted by Gasteiger charge is -2.23. The van der Waals surface area contributed by atoms with Crippen LogP contribution in [0, 0.1) is 40.5 Å². The monoisotopic (exact) mass is 828 g/mol. The first-order chi connectivity index (χ1) is 28.9. The number of nitrogens with zero attached hydrogens (tertiary/aromatic N) is 4. The Morgan fingerprint density at radius 2 is 0.533 bits per heavy atom. The predicted octanol–water partition coefficient (Wildman–Crippen LogP) is 10.7. The number of non-ortho nitro benzene ring substituents is 4. The van der Waals surface area contributed by atoms with Gasteiger partial charge in [0.05, 0.1) is 46.1 Å². The Kier molecular flexibility index (Phi) is 15.7. The topological polar surface area (TPSA) is 209 Å². The second-order valence-corrected chi connectivity index (χ2v) is 14.9. The Morgan fingerprint density at radius 1 is 0.367 bits per heavy atom. The quantitative estimate of drug-likeness (QED) is 0.0407. The van der Waals surface area contributed by atoms with E-state index in [0.717, 1.165) is 25.7 Å². The SMILES string of the molecule is CCCCOc1c2cc([N+](=O)[O-])cc1Cc1cc([N+](=O)[O-])cc(c1OCCCC)Cc1cc([N+](=O)[O-])cc(c1OCCCC)Cc1cc([N+](=O)[O-])cc(c1OCCCC)C2. The van der Waals surface area contributed by atoms with Gasteiger partial charge in [0.15, 0.2) is 0 Å². The molecule has 4 aromatic carbocycles. The van der Waals surface area contributed by atoms with Crippen LogP contribution in [-0.2, 0) is 25.7 Å². The number of rotatable bonds is 20. The lowest BCUT2D eigenvalue weighted by molar-refractivity contribution is -0.385. The Hall–Kier alpha value is -6.32. The smallest absolute Gasteiger partial charge is 0.270 e. The number of hydrogen-bond acceptors (Lipinski definition) is 12. The Morgan fingerprint density at radius 3 is 0.667 bits per heavy atom. The number of nitro groups is 4. The molecule has 0 N–H and O–H groups in total. The highest BCUT2D eigenvalue weighted by Crippen LogP contribution is 2.43. The standard InChI is InChI=1S/C44H52N4O12/c1-5-9-13-57-41-29-17-31-23-38(46(51)52)25-33(42(31)58-14-10-6-2)19-35-27-40(48(55)56)28-36(44(35)60-16-12-8-4)20-34-26-39(47(53)54)24-32(43(34)59-15-11-7-3)18-30(41)22-37(21-29)45(49)50/h21-28H,5-20H2,1-4H3. The molecule has 0 aliphatic heterocycles. The molecule has 4 aromatic rings. The van der Waals surface area contributed by atoms with Crippen molar-refractivity contribution >= 4 is 22.7 Å². The van der Waals surface area contributed by atoms with Gasteiger partial charge in [0.1, 0.15) is 23.0 Å². The summed E-state index contributed by atoms with van der Waals surface area (Å²) in [7, 11) is 0. The molecule has 0 saturated heterocycles. The molecule has 0 spiro atoms. The maximum absolute atomic E-state index is 12.6. The van der Waals surface area contributed by atoms with Gasteiger partial charge in [-0.05, 0) is 25.7 Å². The Labute approximate surface area is 348 Å². The van der Waals surface area contributed by atoms with Crippen molar-refractivity contribution in [3.63, 3.8) is 0 Å². The van der Waals surface area contributed by atoms with Gasteiger partial charge in [0.2, 0.25) is 0 Å². The molecular formula is C44H52N4O12. The summed E-state index contributed by atoms with van der Waals surface area (Å²) in [5, 5.41) is 50.3. The summed E-state index contributed by atoms with van der Waals surface area (Å²) in [4.78, 5) is 48.2. The van der Waals surface area contributed by atoms with Crippen molar-refractivity contribution in [3.05, 3.63) is 133 Å². The molecular weight excluding hydrogens is 776 g/mol. The molecule has 1 aliphatic rings. The van der Waals surface area contributed by atoms with Crippen LogP contribution in [0.15, 0.2) is 48.5 Å². The van der Waals surface area contributed by atoms with E-state index in [2.05, 4.69) is 0 Å². The first kappa shape index (κ1) is 44.8. The van der Waals surface area contributed by atoms with Gasteiger partial charge in [0.25, 0.3) is 22.7 Å². The first-order valence-corrected chi connectivity index (χ1v) is 20.6.